The van der Waals surface area contributed by atoms with Gasteiger partial charge in [-0.05, 0) is 36.8 Å². The highest BCUT2D eigenvalue weighted by Crippen LogP contribution is 2.57. The van der Waals surface area contributed by atoms with Crippen molar-refractivity contribution >= 4 is 29.4 Å². The Balaban J connectivity index is 1.63. The number of halogens is 4. The van der Waals surface area contributed by atoms with Gasteiger partial charge in [0.05, 0.1) is 23.2 Å². The largest absolute Gasteiger partial charge is 0.413 e. The van der Waals surface area contributed by atoms with E-state index in [1.165, 1.54) is 22.8 Å². The van der Waals surface area contributed by atoms with Crippen LogP contribution in [0.3, 0.4) is 0 Å². The first-order valence-electron chi connectivity index (χ1n) is 11.7. The second-order valence-electron chi connectivity index (χ2n) is 9.79. The number of nitrogens with one attached hydrogen (secondary N) is 1. The number of carbonyl (C=O) groups is 2. The van der Waals surface area contributed by atoms with Crippen LogP contribution < -0.4 is 5.32 Å². The first kappa shape index (κ1) is 23.7. The number of aliphatic imine (C=N–C) groups is 1. The number of amides is 3. The summed E-state index contributed by atoms with van der Waals surface area (Å²) in [6.45, 7) is 2.77. The zero-order valence-corrected chi connectivity index (χ0v) is 20.5. The zero-order chi connectivity index (χ0) is 26.3. The fourth-order valence-corrected chi connectivity index (χ4v) is 6.12. The van der Waals surface area contributed by atoms with E-state index >= 15 is 0 Å². The highest BCUT2D eigenvalue weighted by molar-refractivity contribution is 6.30. The van der Waals surface area contributed by atoms with Crippen molar-refractivity contribution in [2.45, 2.75) is 32.1 Å². The van der Waals surface area contributed by atoms with Gasteiger partial charge < -0.3 is 5.32 Å². The van der Waals surface area contributed by atoms with Gasteiger partial charge in [-0.25, -0.2) is 4.79 Å². The minimum atomic E-state index is -4.64. The molecule has 0 saturated carbocycles. The summed E-state index contributed by atoms with van der Waals surface area (Å²) < 4.78 is 43.0. The van der Waals surface area contributed by atoms with Crippen molar-refractivity contribution in [3.8, 4) is 0 Å². The van der Waals surface area contributed by atoms with Crippen LogP contribution in [0.5, 0.6) is 0 Å². The van der Waals surface area contributed by atoms with E-state index in [9.17, 15) is 22.8 Å². The van der Waals surface area contributed by atoms with Gasteiger partial charge in [0.15, 0.2) is 0 Å². The van der Waals surface area contributed by atoms with Gasteiger partial charge in [0.1, 0.15) is 12.4 Å². The number of hydrogen-bond donors (Lipinski definition) is 1. The lowest BCUT2D eigenvalue weighted by Crippen LogP contribution is -2.67. The van der Waals surface area contributed by atoms with Crippen LogP contribution in [0.4, 0.5) is 18.0 Å². The summed E-state index contributed by atoms with van der Waals surface area (Å²) in [5, 5.41) is 3.15. The number of aromatic nitrogens is 1. The van der Waals surface area contributed by atoms with Crippen molar-refractivity contribution in [2.24, 2.45) is 16.3 Å². The van der Waals surface area contributed by atoms with Gasteiger partial charge >= 0.3 is 12.2 Å². The smallest absolute Gasteiger partial charge is 0.326 e. The van der Waals surface area contributed by atoms with E-state index in [0.717, 1.165) is 0 Å². The molecule has 3 amide bonds. The number of nitrogens with zero attached hydrogens (tertiary/aromatic N) is 4. The normalized spacial score (nSPS) is 29.0. The highest BCUT2D eigenvalue weighted by Gasteiger charge is 2.62. The maximum atomic E-state index is 14.3. The van der Waals surface area contributed by atoms with Gasteiger partial charge in [0.25, 0.3) is 0 Å². The molecule has 1 aromatic carbocycles. The molecular formula is C26H21ClF3N5O2. The molecule has 1 N–H and O–H groups in total. The molecule has 11 heteroatoms. The number of pyridine rings is 1. The van der Waals surface area contributed by atoms with E-state index in [0.29, 0.717) is 21.8 Å². The molecule has 3 aliphatic heterocycles. The van der Waals surface area contributed by atoms with Gasteiger partial charge in [-0.2, -0.15) is 13.2 Å². The predicted octanol–water partition coefficient (Wildman–Crippen LogP) is 4.83. The fourth-order valence-electron chi connectivity index (χ4n) is 6.00. The molecule has 0 radical (unpaired) electrons. The second-order valence-corrected chi connectivity index (χ2v) is 10.2. The standard InChI is InChI=1S/C26H21ClF3N5O2/c1-13-17(26(28,29)30)10-25(2)21-19(13)32-18(36)12-34(21)24(37)35-22(25)20(14-5-7-16(27)8-6-14)33-23(35)15-4-3-9-31-11-15/h3-11,13,20,22H,12H2,1-2H3,(H,32,36). The van der Waals surface area contributed by atoms with Gasteiger partial charge in [0, 0.05) is 40.2 Å². The number of amidine groups is 1. The first-order chi connectivity index (χ1) is 17.5. The summed E-state index contributed by atoms with van der Waals surface area (Å²) in [5.74, 6) is -1.41. The van der Waals surface area contributed by atoms with Crippen LogP contribution in [0.1, 0.15) is 31.0 Å². The van der Waals surface area contributed by atoms with Crippen LogP contribution in [0.15, 0.2) is 76.8 Å². The Morgan fingerprint density at radius 2 is 1.89 bits per heavy atom. The number of alkyl halides is 3. The molecule has 6 rings (SSSR count). The summed E-state index contributed by atoms with van der Waals surface area (Å²) in [4.78, 5) is 38.4. The fraction of sp³-hybridized carbons (Fsp3) is 0.308. The molecule has 4 heterocycles. The molecule has 1 saturated heterocycles. The van der Waals surface area contributed by atoms with Gasteiger partial charge in [-0.3, -0.25) is 24.6 Å². The highest BCUT2D eigenvalue weighted by atomic mass is 35.5. The summed E-state index contributed by atoms with van der Waals surface area (Å²) in [6, 6.07) is 8.28. The van der Waals surface area contributed by atoms with Crippen molar-refractivity contribution < 1.29 is 22.8 Å². The molecule has 0 spiro atoms. The third kappa shape index (κ3) is 3.42. The quantitative estimate of drug-likeness (QED) is 0.568. The number of benzene rings is 1. The Labute approximate surface area is 215 Å². The average molecular weight is 528 g/mol. The van der Waals surface area contributed by atoms with E-state index in [1.54, 1.807) is 55.7 Å². The summed E-state index contributed by atoms with van der Waals surface area (Å²) in [5.41, 5.74) is -0.379. The van der Waals surface area contributed by atoms with E-state index in [-0.39, 0.29) is 18.1 Å². The Hall–Kier alpha value is -3.66. The minimum Gasteiger partial charge on any atom is -0.326 e. The minimum absolute atomic E-state index is 0.103. The van der Waals surface area contributed by atoms with Gasteiger partial charge in [0.2, 0.25) is 5.91 Å². The Kier molecular flexibility index (Phi) is 5.08. The molecule has 4 unspecified atom stereocenters. The monoisotopic (exact) mass is 527 g/mol. The van der Waals surface area contributed by atoms with Crippen LogP contribution in [-0.4, -0.2) is 51.3 Å². The van der Waals surface area contributed by atoms with Gasteiger partial charge in [-0.1, -0.05) is 36.7 Å². The molecule has 2 aromatic rings. The molecule has 37 heavy (non-hydrogen) atoms. The molecule has 7 nitrogen and oxygen atoms in total. The van der Waals surface area contributed by atoms with Crippen LogP contribution >= 0.6 is 11.6 Å². The summed E-state index contributed by atoms with van der Waals surface area (Å²) in [7, 11) is 0. The Bertz CT molecular complexity index is 1420. The SMILES string of the molecule is CC1C(C(F)(F)F)=CC2(C)C3=C1NC(=O)CN3C(=O)N1C(c3cccnc3)=NC(c3ccc(Cl)cc3)C12. The maximum Gasteiger partial charge on any atom is 0.413 e. The van der Waals surface area contributed by atoms with Crippen LogP contribution in [0, 0.1) is 11.3 Å². The van der Waals surface area contributed by atoms with E-state index in [2.05, 4.69) is 10.3 Å². The molecule has 1 fully saturated rings. The average Bonchev–Trinajstić information content (AvgIpc) is 3.27. The van der Waals surface area contributed by atoms with Gasteiger partial charge in [-0.15, -0.1) is 0 Å². The van der Waals surface area contributed by atoms with Crippen molar-refractivity contribution in [3.63, 3.8) is 0 Å². The number of fused-ring (bicyclic) bond motifs is 2. The van der Waals surface area contributed by atoms with Crippen LogP contribution in [0.2, 0.25) is 5.02 Å². The van der Waals surface area contributed by atoms with Crippen molar-refractivity contribution in [3.05, 3.63) is 88.0 Å². The molecular weight excluding hydrogens is 507 g/mol. The Morgan fingerprint density at radius 3 is 2.54 bits per heavy atom. The second kappa shape index (κ2) is 7.92. The molecule has 0 bridgehead atoms. The summed E-state index contributed by atoms with van der Waals surface area (Å²) in [6.07, 6.45) is -0.289. The lowest BCUT2D eigenvalue weighted by molar-refractivity contribution is -0.123. The van der Waals surface area contributed by atoms with Crippen molar-refractivity contribution in [2.75, 3.05) is 6.54 Å². The van der Waals surface area contributed by atoms with E-state index in [1.807, 2.05) is 0 Å². The lowest BCUT2D eigenvalue weighted by Gasteiger charge is -2.55. The maximum absolute atomic E-state index is 14.3. The molecule has 1 aromatic heterocycles. The molecule has 4 aliphatic rings. The topological polar surface area (TPSA) is 77.9 Å². The molecule has 1 aliphatic carbocycles. The van der Waals surface area contributed by atoms with Crippen molar-refractivity contribution in [1.29, 1.82) is 0 Å². The number of allylic oxidation sites excluding steroid dienone is 1. The number of urea groups is 1. The van der Waals surface area contributed by atoms with E-state index in [4.69, 9.17) is 16.6 Å². The zero-order valence-electron chi connectivity index (χ0n) is 19.8. The third-order valence-corrected chi connectivity index (χ3v) is 7.79. The number of rotatable bonds is 2. The Morgan fingerprint density at radius 1 is 1.16 bits per heavy atom. The molecule has 4 atom stereocenters. The first-order valence-corrected chi connectivity index (χ1v) is 12.1. The number of carbonyl (C=O) groups excluding carboxylic acids is 2. The lowest BCUT2D eigenvalue weighted by atomic mass is 9.65. The van der Waals surface area contributed by atoms with E-state index < -0.39 is 47.1 Å². The summed E-state index contributed by atoms with van der Waals surface area (Å²) >= 11 is 6.11. The predicted molar refractivity (Wildman–Crippen MR) is 129 cm³/mol. The molecule has 190 valence electrons. The third-order valence-electron chi connectivity index (χ3n) is 7.54. The van der Waals surface area contributed by atoms with Crippen molar-refractivity contribution in [1.82, 2.24) is 20.1 Å². The number of hydrogen-bond acceptors (Lipinski definition) is 4. The van der Waals surface area contributed by atoms with Crippen LogP contribution in [-0.2, 0) is 4.79 Å². The van der Waals surface area contributed by atoms with Crippen LogP contribution in [0.25, 0.3) is 0 Å².